The van der Waals surface area contributed by atoms with E-state index in [1.165, 1.54) is 38.5 Å². The maximum atomic E-state index is 6.07. The molecule has 1 aromatic rings. The van der Waals surface area contributed by atoms with E-state index in [4.69, 9.17) is 16.1 Å². The Hall–Kier alpha value is -0.570. The fourth-order valence-corrected chi connectivity index (χ4v) is 5.67. The highest BCUT2D eigenvalue weighted by atomic mass is 35.5. The van der Waals surface area contributed by atoms with Crippen molar-refractivity contribution in [3.8, 4) is 0 Å². The van der Waals surface area contributed by atoms with Gasteiger partial charge in [-0.1, -0.05) is 12.1 Å². The van der Waals surface area contributed by atoms with Crippen LogP contribution in [-0.4, -0.2) is 10.1 Å². The molecule has 0 aromatic carbocycles. The van der Waals surface area contributed by atoms with Crippen LogP contribution in [0, 0.1) is 17.3 Å². The van der Waals surface area contributed by atoms with Gasteiger partial charge in [-0.3, -0.25) is 0 Å². The van der Waals surface area contributed by atoms with Gasteiger partial charge in [0.25, 0.3) is 0 Å². The zero-order valence-electron chi connectivity index (χ0n) is 11.7. The second-order valence-corrected chi connectivity index (χ2v) is 8.28. The molecule has 5 rings (SSSR count). The predicted octanol–water partition coefficient (Wildman–Crippen LogP) is 4.23. The molecule has 104 valence electrons. The van der Waals surface area contributed by atoms with E-state index in [-0.39, 0.29) is 10.8 Å². The minimum Gasteiger partial charge on any atom is -0.339 e. The number of hydrogen-bond acceptors (Lipinski definition) is 3. The minimum absolute atomic E-state index is 0.163. The lowest BCUT2D eigenvalue weighted by Crippen LogP contribution is -2.53. The molecule has 3 nitrogen and oxygen atoms in total. The van der Waals surface area contributed by atoms with Gasteiger partial charge in [0, 0.05) is 0 Å². The quantitative estimate of drug-likeness (QED) is 0.761. The highest BCUT2D eigenvalue weighted by molar-refractivity contribution is 6.20. The Bertz CT molecular complexity index is 496. The maximum absolute atomic E-state index is 6.07. The van der Waals surface area contributed by atoms with Gasteiger partial charge in [-0.2, -0.15) is 4.98 Å². The third-order valence-corrected chi connectivity index (χ3v) is 5.80. The molecule has 0 N–H and O–H groups in total. The van der Waals surface area contributed by atoms with Gasteiger partial charge >= 0.3 is 0 Å². The zero-order chi connectivity index (χ0) is 13.3. The third kappa shape index (κ3) is 1.77. The summed E-state index contributed by atoms with van der Waals surface area (Å²) in [4.78, 5) is 4.62. The number of alkyl halides is 1. The molecule has 0 amide bonds. The van der Waals surface area contributed by atoms with E-state index in [0.717, 1.165) is 17.7 Å². The van der Waals surface area contributed by atoms with Crippen molar-refractivity contribution in [1.29, 1.82) is 0 Å². The van der Waals surface area contributed by atoms with Crippen molar-refractivity contribution in [2.45, 2.75) is 63.2 Å². The van der Waals surface area contributed by atoms with E-state index < -0.39 is 0 Å². The molecule has 3 unspecified atom stereocenters. The Morgan fingerprint density at radius 1 is 1.26 bits per heavy atom. The van der Waals surface area contributed by atoms with E-state index in [0.29, 0.717) is 11.2 Å². The summed E-state index contributed by atoms with van der Waals surface area (Å²) < 4.78 is 5.61. The van der Waals surface area contributed by atoms with Gasteiger partial charge in [0.05, 0.1) is 10.8 Å². The molecule has 4 saturated carbocycles. The number of rotatable bonds is 2. The fourth-order valence-electron chi connectivity index (χ4n) is 5.58. The van der Waals surface area contributed by atoms with Crippen LogP contribution in [0.5, 0.6) is 0 Å². The lowest BCUT2D eigenvalue weighted by Gasteiger charge is -2.59. The van der Waals surface area contributed by atoms with E-state index >= 15 is 0 Å². The molecular formula is C15H21ClN2O. The first-order valence-electron chi connectivity index (χ1n) is 7.46. The fraction of sp³-hybridized carbons (Fsp3) is 0.867. The molecule has 3 atom stereocenters. The summed E-state index contributed by atoms with van der Waals surface area (Å²) in [5, 5.41) is 3.91. The van der Waals surface area contributed by atoms with Crippen molar-refractivity contribution < 1.29 is 4.52 Å². The summed E-state index contributed by atoms with van der Waals surface area (Å²) in [6, 6.07) is 0. The van der Waals surface area contributed by atoms with Crippen LogP contribution in [0.25, 0.3) is 0 Å². The minimum atomic E-state index is -0.165. The molecule has 0 aliphatic heterocycles. The van der Waals surface area contributed by atoms with Crippen LogP contribution in [0.15, 0.2) is 4.52 Å². The zero-order valence-corrected chi connectivity index (χ0v) is 12.4. The van der Waals surface area contributed by atoms with Crippen LogP contribution >= 0.6 is 11.6 Å². The molecule has 1 heterocycles. The van der Waals surface area contributed by atoms with Crippen LogP contribution < -0.4 is 0 Å². The summed E-state index contributed by atoms with van der Waals surface area (Å²) in [5.74, 6) is 3.26. The molecule has 4 bridgehead atoms. The number of halogens is 1. The summed E-state index contributed by atoms with van der Waals surface area (Å²) in [7, 11) is 0. The highest BCUT2D eigenvalue weighted by Gasteiger charge is 2.58. The molecule has 0 spiro atoms. The molecule has 1 aromatic heterocycles. The van der Waals surface area contributed by atoms with Gasteiger partial charge in [-0.25, -0.2) is 0 Å². The van der Waals surface area contributed by atoms with Gasteiger partial charge in [0.15, 0.2) is 5.82 Å². The summed E-state index contributed by atoms with van der Waals surface area (Å²) in [6.45, 7) is 4.36. The van der Waals surface area contributed by atoms with Crippen LogP contribution in [-0.2, 0) is 5.41 Å². The smallest absolute Gasteiger partial charge is 0.232 e. The lowest BCUT2D eigenvalue weighted by atomic mass is 9.44. The van der Waals surface area contributed by atoms with Crippen LogP contribution in [0.4, 0.5) is 0 Å². The van der Waals surface area contributed by atoms with Crippen molar-refractivity contribution in [1.82, 2.24) is 10.1 Å². The van der Waals surface area contributed by atoms with E-state index in [2.05, 4.69) is 17.1 Å². The Kier molecular flexibility index (Phi) is 2.41. The van der Waals surface area contributed by atoms with Crippen molar-refractivity contribution >= 4 is 11.6 Å². The van der Waals surface area contributed by atoms with Gasteiger partial charge in [0.1, 0.15) is 0 Å². The SMILES string of the molecule is CC(Cl)c1noc(C23CC4CC(CC(C)(C4)C2)C3)n1. The van der Waals surface area contributed by atoms with Crippen LogP contribution in [0.2, 0.25) is 0 Å². The van der Waals surface area contributed by atoms with Crippen LogP contribution in [0.3, 0.4) is 0 Å². The largest absolute Gasteiger partial charge is 0.339 e. The Morgan fingerprint density at radius 2 is 1.95 bits per heavy atom. The lowest BCUT2D eigenvalue weighted by molar-refractivity contribution is -0.0724. The summed E-state index contributed by atoms with van der Waals surface area (Å²) >= 11 is 6.07. The molecule has 4 aliphatic rings. The van der Waals surface area contributed by atoms with Crippen molar-refractivity contribution in [2.24, 2.45) is 17.3 Å². The third-order valence-electron chi connectivity index (χ3n) is 5.60. The van der Waals surface area contributed by atoms with Crippen molar-refractivity contribution in [3.05, 3.63) is 11.7 Å². The first-order valence-corrected chi connectivity index (χ1v) is 7.90. The normalized spacial score (nSPS) is 45.6. The number of aromatic nitrogens is 2. The van der Waals surface area contributed by atoms with Crippen molar-refractivity contribution in [3.63, 3.8) is 0 Å². The first kappa shape index (κ1) is 12.2. The monoisotopic (exact) mass is 280 g/mol. The van der Waals surface area contributed by atoms with Gasteiger partial charge in [-0.05, 0) is 62.7 Å². The molecule has 0 radical (unpaired) electrons. The first-order chi connectivity index (χ1) is 8.98. The standard InChI is InChI=1S/C15H21ClN2O/c1-9(16)12-17-13(19-18-12)15-6-10-3-11(7-15)5-14(2,4-10)8-15/h9-11H,3-8H2,1-2H3. The highest BCUT2D eigenvalue weighted by Crippen LogP contribution is 2.65. The van der Waals surface area contributed by atoms with E-state index in [9.17, 15) is 0 Å². The second-order valence-electron chi connectivity index (χ2n) is 7.63. The average Bonchev–Trinajstić information content (AvgIpc) is 2.74. The van der Waals surface area contributed by atoms with E-state index in [1.807, 2.05) is 6.92 Å². The Balaban J connectivity index is 1.73. The van der Waals surface area contributed by atoms with Crippen molar-refractivity contribution in [2.75, 3.05) is 0 Å². The molecule has 4 fully saturated rings. The Morgan fingerprint density at radius 3 is 2.47 bits per heavy atom. The molecular weight excluding hydrogens is 260 g/mol. The van der Waals surface area contributed by atoms with E-state index in [1.54, 1.807) is 0 Å². The number of nitrogens with zero attached hydrogens (tertiary/aromatic N) is 2. The topological polar surface area (TPSA) is 38.9 Å². The molecule has 4 aliphatic carbocycles. The number of hydrogen-bond donors (Lipinski definition) is 0. The Labute approximate surface area is 119 Å². The molecule has 19 heavy (non-hydrogen) atoms. The van der Waals surface area contributed by atoms with Gasteiger partial charge in [-0.15, -0.1) is 11.6 Å². The average molecular weight is 281 g/mol. The van der Waals surface area contributed by atoms with Gasteiger partial charge < -0.3 is 4.52 Å². The second kappa shape index (κ2) is 3.75. The van der Waals surface area contributed by atoms with Crippen LogP contribution in [0.1, 0.15) is 69.5 Å². The molecule has 0 saturated heterocycles. The molecule has 4 heteroatoms. The van der Waals surface area contributed by atoms with Gasteiger partial charge in [0.2, 0.25) is 5.89 Å². The summed E-state index contributed by atoms with van der Waals surface area (Å²) in [6.07, 6.45) is 7.95. The maximum Gasteiger partial charge on any atom is 0.232 e. The predicted molar refractivity (Wildman–Crippen MR) is 73.0 cm³/mol. The summed E-state index contributed by atoms with van der Waals surface area (Å²) in [5.41, 5.74) is 0.668.